The Kier molecular flexibility index (Phi) is 6.64. The summed E-state index contributed by atoms with van der Waals surface area (Å²) < 4.78 is 0. The molecule has 1 rings (SSSR count). The van der Waals surface area contributed by atoms with Crippen LogP contribution in [0.2, 0.25) is 0 Å². The first kappa shape index (κ1) is 14.0. The van der Waals surface area contributed by atoms with Gasteiger partial charge in [-0.25, -0.2) is 0 Å². The van der Waals surface area contributed by atoms with Crippen molar-refractivity contribution in [1.29, 1.82) is 5.26 Å². The fraction of sp³-hybridized carbons (Fsp3) is 0.846. The quantitative estimate of drug-likeness (QED) is 0.692. The summed E-state index contributed by atoms with van der Waals surface area (Å²) in [5, 5.41) is 17.2. The molecule has 0 saturated carbocycles. The van der Waals surface area contributed by atoms with Gasteiger partial charge >= 0.3 is 5.97 Å². The van der Waals surface area contributed by atoms with E-state index in [0.717, 1.165) is 38.8 Å². The number of carbonyl (C=O) groups is 1. The van der Waals surface area contributed by atoms with Gasteiger partial charge in [0, 0.05) is 18.9 Å². The minimum atomic E-state index is -0.694. The Hall–Kier alpha value is -1.08. The van der Waals surface area contributed by atoms with Crippen LogP contribution in [0.15, 0.2) is 0 Å². The second-order valence-corrected chi connectivity index (χ2v) is 4.73. The molecular formula is C13H22N2O2. The molecular weight excluding hydrogens is 216 g/mol. The zero-order valence-corrected chi connectivity index (χ0v) is 10.4. The van der Waals surface area contributed by atoms with E-state index in [4.69, 9.17) is 10.4 Å². The van der Waals surface area contributed by atoms with Crippen LogP contribution in [0.25, 0.3) is 0 Å². The number of piperidine rings is 1. The molecule has 17 heavy (non-hydrogen) atoms. The number of rotatable bonds is 7. The van der Waals surface area contributed by atoms with Crippen LogP contribution in [-0.4, -0.2) is 35.1 Å². The average Bonchev–Trinajstić information content (AvgIpc) is 2.33. The van der Waals surface area contributed by atoms with Crippen molar-refractivity contribution in [2.24, 2.45) is 0 Å². The summed E-state index contributed by atoms with van der Waals surface area (Å²) in [6.07, 6.45) is 7.27. The minimum Gasteiger partial charge on any atom is -0.481 e. The molecule has 1 atom stereocenters. The number of hydrogen-bond donors (Lipinski definition) is 1. The van der Waals surface area contributed by atoms with Crippen molar-refractivity contribution in [2.45, 2.75) is 57.4 Å². The number of carboxylic acid groups (broad SMARTS) is 1. The lowest BCUT2D eigenvalue weighted by Crippen LogP contribution is -2.40. The lowest BCUT2D eigenvalue weighted by Gasteiger charge is -2.35. The van der Waals surface area contributed by atoms with Crippen LogP contribution in [0.5, 0.6) is 0 Å². The van der Waals surface area contributed by atoms with Gasteiger partial charge < -0.3 is 10.0 Å². The molecule has 0 aromatic heterocycles. The molecule has 96 valence electrons. The number of likely N-dealkylation sites (tertiary alicyclic amines) is 1. The Morgan fingerprint density at radius 2 is 2.24 bits per heavy atom. The fourth-order valence-corrected chi connectivity index (χ4v) is 2.49. The van der Waals surface area contributed by atoms with Gasteiger partial charge in [-0.05, 0) is 45.2 Å². The first-order valence-electron chi connectivity index (χ1n) is 6.57. The van der Waals surface area contributed by atoms with Gasteiger partial charge in [-0.15, -0.1) is 0 Å². The molecule has 1 fully saturated rings. The highest BCUT2D eigenvalue weighted by atomic mass is 16.4. The Balaban J connectivity index is 2.27. The van der Waals surface area contributed by atoms with Gasteiger partial charge in [-0.3, -0.25) is 4.79 Å². The SMILES string of the molecule is N#CCCCCN1CCCCC1CCC(=O)O. The third-order valence-corrected chi connectivity index (χ3v) is 3.42. The number of nitrogens with zero attached hydrogens (tertiary/aromatic N) is 2. The van der Waals surface area contributed by atoms with Crippen LogP contribution in [0.1, 0.15) is 51.4 Å². The van der Waals surface area contributed by atoms with Crippen LogP contribution in [-0.2, 0) is 4.79 Å². The van der Waals surface area contributed by atoms with E-state index in [1.807, 2.05) is 0 Å². The van der Waals surface area contributed by atoms with E-state index in [0.29, 0.717) is 12.5 Å². The average molecular weight is 238 g/mol. The molecule has 1 saturated heterocycles. The van der Waals surface area contributed by atoms with Crippen LogP contribution in [0.4, 0.5) is 0 Å². The largest absolute Gasteiger partial charge is 0.481 e. The summed E-state index contributed by atoms with van der Waals surface area (Å²) in [5.74, 6) is -0.694. The highest BCUT2D eigenvalue weighted by Crippen LogP contribution is 2.21. The van der Waals surface area contributed by atoms with Gasteiger partial charge in [-0.1, -0.05) is 6.42 Å². The van der Waals surface area contributed by atoms with Crippen LogP contribution < -0.4 is 0 Å². The molecule has 4 nitrogen and oxygen atoms in total. The summed E-state index contributed by atoms with van der Waals surface area (Å²) in [7, 11) is 0. The number of carboxylic acids is 1. The lowest BCUT2D eigenvalue weighted by molar-refractivity contribution is -0.137. The van der Waals surface area contributed by atoms with Gasteiger partial charge in [0.2, 0.25) is 0 Å². The van der Waals surface area contributed by atoms with E-state index in [-0.39, 0.29) is 6.42 Å². The van der Waals surface area contributed by atoms with Gasteiger partial charge in [0.15, 0.2) is 0 Å². The van der Waals surface area contributed by atoms with Gasteiger partial charge in [-0.2, -0.15) is 5.26 Å². The molecule has 0 bridgehead atoms. The maximum absolute atomic E-state index is 10.6. The van der Waals surface area contributed by atoms with E-state index in [1.54, 1.807) is 0 Å². The fourth-order valence-electron chi connectivity index (χ4n) is 2.49. The van der Waals surface area contributed by atoms with Gasteiger partial charge in [0.25, 0.3) is 0 Å². The highest BCUT2D eigenvalue weighted by Gasteiger charge is 2.22. The predicted molar refractivity (Wildman–Crippen MR) is 65.5 cm³/mol. The smallest absolute Gasteiger partial charge is 0.303 e. The molecule has 4 heteroatoms. The summed E-state index contributed by atoms with van der Waals surface area (Å²) >= 11 is 0. The second-order valence-electron chi connectivity index (χ2n) is 4.73. The molecule has 0 aromatic carbocycles. The zero-order valence-electron chi connectivity index (χ0n) is 10.4. The van der Waals surface area contributed by atoms with Crippen molar-refractivity contribution in [3.63, 3.8) is 0 Å². The minimum absolute atomic E-state index is 0.277. The molecule has 1 aliphatic rings. The Bertz CT molecular complexity index is 273. The van der Waals surface area contributed by atoms with E-state index >= 15 is 0 Å². The van der Waals surface area contributed by atoms with Crippen molar-refractivity contribution >= 4 is 5.97 Å². The Morgan fingerprint density at radius 3 is 2.94 bits per heavy atom. The molecule has 0 aliphatic carbocycles. The maximum atomic E-state index is 10.6. The molecule has 1 N–H and O–H groups in total. The first-order chi connectivity index (χ1) is 8.24. The number of aliphatic carboxylic acids is 1. The summed E-state index contributed by atoms with van der Waals surface area (Å²) in [4.78, 5) is 13.0. The predicted octanol–water partition coefficient (Wildman–Crippen LogP) is 2.40. The molecule has 1 aliphatic heterocycles. The Labute approximate surface area is 103 Å². The molecule has 1 unspecified atom stereocenters. The highest BCUT2D eigenvalue weighted by molar-refractivity contribution is 5.66. The molecule has 0 amide bonds. The Morgan fingerprint density at radius 1 is 1.41 bits per heavy atom. The third-order valence-electron chi connectivity index (χ3n) is 3.42. The molecule has 1 heterocycles. The summed E-state index contributed by atoms with van der Waals surface area (Å²) in [6.45, 7) is 2.11. The number of hydrogen-bond acceptors (Lipinski definition) is 3. The van der Waals surface area contributed by atoms with Gasteiger partial charge in [0.05, 0.1) is 6.07 Å². The third kappa shape index (κ3) is 5.69. The van der Waals surface area contributed by atoms with E-state index in [1.165, 1.54) is 12.8 Å². The van der Waals surface area contributed by atoms with E-state index in [9.17, 15) is 4.79 Å². The van der Waals surface area contributed by atoms with Crippen molar-refractivity contribution < 1.29 is 9.90 Å². The number of unbranched alkanes of at least 4 members (excludes halogenated alkanes) is 2. The van der Waals surface area contributed by atoms with Crippen molar-refractivity contribution in [2.75, 3.05) is 13.1 Å². The monoisotopic (exact) mass is 238 g/mol. The van der Waals surface area contributed by atoms with Crippen molar-refractivity contribution in [3.05, 3.63) is 0 Å². The summed E-state index contributed by atoms with van der Waals surface area (Å²) in [6, 6.07) is 2.61. The number of nitriles is 1. The standard InChI is InChI=1S/C13H22N2O2/c14-9-3-1-4-10-15-11-5-2-6-12(15)7-8-13(16)17/h12H,1-8,10-11H2,(H,16,17). The van der Waals surface area contributed by atoms with Crippen molar-refractivity contribution in [3.8, 4) is 6.07 Å². The van der Waals surface area contributed by atoms with Crippen molar-refractivity contribution in [1.82, 2.24) is 4.90 Å². The molecule has 0 radical (unpaired) electrons. The summed E-state index contributed by atoms with van der Waals surface area (Å²) in [5.41, 5.74) is 0. The van der Waals surface area contributed by atoms with E-state index in [2.05, 4.69) is 11.0 Å². The normalized spacial score (nSPS) is 21.0. The zero-order chi connectivity index (χ0) is 12.5. The first-order valence-corrected chi connectivity index (χ1v) is 6.57. The van der Waals surface area contributed by atoms with Crippen LogP contribution in [0, 0.1) is 11.3 Å². The molecule has 0 spiro atoms. The van der Waals surface area contributed by atoms with Crippen LogP contribution in [0.3, 0.4) is 0 Å². The molecule has 0 aromatic rings. The topological polar surface area (TPSA) is 64.3 Å². The van der Waals surface area contributed by atoms with E-state index < -0.39 is 5.97 Å². The van der Waals surface area contributed by atoms with Gasteiger partial charge in [0.1, 0.15) is 0 Å². The lowest BCUT2D eigenvalue weighted by atomic mass is 9.97. The maximum Gasteiger partial charge on any atom is 0.303 e. The van der Waals surface area contributed by atoms with Crippen LogP contribution >= 0.6 is 0 Å². The second kappa shape index (κ2) is 8.08.